The van der Waals surface area contributed by atoms with E-state index in [1.807, 2.05) is 32.0 Å². The van der Waals surface area contributed by atoms with E-state index < -0.39 is 11.2 Å². The average Bonchev–Trinajstić information content (AvgIpc) is 3.01. The van der Waals surface area contributed by atoms with E-state index in [1.54, 1.807) is 20.4 Å². The van der Waals surface area contributed by atoms with Crippen molar-refractivity contribution in [3.8, 4) is 11.5 Å². The van der Waals surface area contributed by atoms with Crippen molar-refractivity contribution in [1.29, 1.82) is 0 Å². The zero-order chi connectivity index (χ0) is 17.3. The Kier molecular flexibility index (Phi) is 8.02. The fourth-order valence-electron chi connectivity index (χ4n) is 2.61. The number of imidazole rings is 1. The highest BCUT2D eigenvalue weighted by atomic mass is 35.5. The average molecular weight is 418 g/mol. The Morgan fingerprint density at radius 3 is 2.54 bits per heavy atom. The number of aromatic nitrogens is 3. The number of hydrogen-bond donors (Lipinski definition) is 1. The summed E-state index contributed by atoms with van der Waals surface area (Å²) >= 11 is -1.33. The second kappa shape index (κ2) is 9.32. The van der Waals surface area contributed by atoms with Crippen molar-refractivity contribution < 1.29 is 14.0 Å². The van der Waals surface area contributed by atoms with Crippen molar-refractivity contribution in [2.45, 2.75) is 24.8 Å². The van der Waals surface area contributed by atoms with Gasteiger partial charge in [0.1, 0.15) is 11.5 Å². The van der Waals surface area contributed by atoms with E-state index in [1.165, 1.54) is 0 Å². The van der Waals surface area contributed by atoms with E-state index in [-0.39, 0.29) is 30.6 Å². The molecule has 0 spiro atoms. The van der Waals surface area contributed by atoms with Gasteiger partial charge in [-0.15, -0.1) is 24.8 Å². The summed E-state index contributed by atoms with van der Waals surface area (Å²) < 4.78 is 23.3. The molecule has 0 amide bonds. The van der Waals surface area contributed by atoms with Gasteiger partial charge >= 0.3 is 5.16 Å². The first-order valence-electron chi connectivity index (χ1n) is 7.44. The van der Waals surface area contributed by atoms with Crippen LogP contribution in [0.2, 0.25) is 0 Å². The largest absolute Gasteiger partial charge is 0.609 e. The number of fused-ring (bicyclic) bond motifs is 1. The molecule has 0 aliphatic rings. The number of hydrogen-bond acceptors (Lipinski definition) is 5. The van der Waals surface area contributed by atoms with Crippen LogP contribution < -0.4 is 9.47 Å². The van der Waals surface area contributed by atoms with Gasteiger partial charge in [0.15, 0.2) is 5.75 Å². The van der Waals surface area contributed by atoms with Crippen LogP contribution >= 0.6 is 24.8 Å². The van der Waals surface area contributed by atoms with E-state index in [9.17, 15) is 4.55 Å². The van der Waals surface area contributed by atoms with Crippen LogP contribution in [0.25, 0.3) is 11.0 Å². The van der Waals surface area contributed by atoms with Crippen molar-refractivity contribution in [2.75, 3.05) is 14.2 Å². The number of pyridine rings is 1. The fourth-order valence-corrected chi connectivity index (χ4v) is 3.71. The molecular weight excluding hydrogens is 397 g/mol. The van der Waals surface area contributed by atoms with Gasteiger partial charge in [-0.1, -0.05) is 0 Å². The highest BCUT2D eigenvalue weighted by Gasteiger charge is 2.21. The molecule has 2 heterocycles. The van der Waals surface area contributed by atoms with Gasteiger partial charge in [-0.3, -0.25) is 9.97 Å². The van der Waals surface area contributed by atoms with Crippen LogP contribution in [0.5, 0.6) is 11.5 Å². The van der Waals surface area contributed by atoms with E-state index in [4.69, 9.17) is 9.47 Å². The van der Waals surface area contributed by atoms with Crippen molar-refractivity contribution in [2.24, 2.45) is 0 Å². The minimum atomic E-state index is -1.33. The maximum atomic E-state index is 12.7. The van der Waals surface area contributed by atoms with Crippen LogP contribution in [0, 0.1) is 13.8 Å². The van der Waals surface area contributed by atoms with Crippen molar-refractivity contribution in [3.05, 3.63) is 41.2 Å². The van der Waals surface area contributed by atoms with Gasteiger partial charge in [-0.2, -0.15) is 4.98 Å². The Hall–Kier alpha value is -1.67. The Labute approximate surface area is 167 Å². The summed E-state index contributed by atoms with van der Waals surface area (Å²) in [5, 5.41) is 0.430. The lowest BCUT2D eigenvalue weighted by molar-refractivity contribution is 0.407. The predicted molar refractivity (Wildman–Crippen MR) is 108 cm³/mol. The first-order chi connectivity index (χ1) is 11.5. The SMILES string of the molecule is COc1ccc2[nH]c([S+]([O-])Cc3ncc(C)c(OC)c3C)nc2c1.Cl.Cl. The Morgan fingerprint density at radius 2 is 1.88 bits per heavy atom. The minimum absolute atomic E-state index is 0. The van der Waals surface area contributed by atoms with Gasteiger partial charge in [0, 0.05) is 34.6 Å². The monoisotopic (exact) mass is 417 g/mol. The van der Waals surface area contributed by atoms with Crippen molar-refractivity contribution >= 4 is 47.0 Å². The van der Waals surface area contributed by atoms with Crippen molar-refractivity contribution in [3.63, 3.8) is 0 Å². The summed E-state index contributed by atoms with van der Waals surface area (Å²) in [5.74, 6) is 1.78. The zero-order valence-electron chi connectivity index (χ0n) is 14.9. The fraction of sp³-hybridized carbons (Fsp3) is 0.294. The standard InChI is InChI=1S/C17H19N3O3S.2ClH/c1-10-8-18-15(11(2)16(10)23-4)9-24(21)17-19-13-6-5-12(22-3)7-14(13)20-17;;/h5-8H,9H2,1-4H3,(H,19,20);2*1H. The number of methoxy groups -OCH3 is 2. The molecule has 142 valence electrons. The van der Waals surface area contributed by atoms with E-state index in [2.05, 4.69) is 15.0 Å². The number of ether oxygens (including phenoxy) is 2. The van der Waals surface area contributed by atoms with Crippen LogP contribution in [0.1, 0.15) is 16.8 Å². The molecule has 2 aromatic heterocycles. The first-order valence-corrected chi connectivity index (χ1v) is 8.76. The number of halogens is 2. The number of nitrogens with zero attached hydrogens (tertiary/aromatic N) is 2. The Bertz CT molecular complexity index is 889. The Balaban J connectivity index is 0.00000169. The Morgan fingerprint density at radius 1 is 1.15 bits per heavy atom. The number of nitrogens with one attached hydrogen (secondary N) is 1. The molecule has 3 rings (SSSR count). The molecular formula is C17H21Cl2N3O3S. The number of aromatic amines is 1. The van der Waals surface area contributed by atoms with Gasteiger partial charge in [-0.05, 0) is 26.0 Å². The number of rotatable bonds is 5. The van der Waals surface area contributed by atoms with Crippen LogP contribution in [-0.2, 0) is 16.9 Å². The second-order valence-electron chi connectivity index (χ2n) is 5.46. The normalized spacial score (nSPS) is 11.4. The molecule has 3 aromatic rings. The van der Waals surface area contributed by atoms with Gasteiger partial charge < -0.3 is 14.0 Å². The minimum Gasteiger partial charge on any atom is -0.609 e. The molecule has 6 nitrogen and oxygen atoms in total. The summed E-state index contributed by atoms with van der Waals surface area (Å²) in [6.07, 6.45) is 1.74. The summed E-state index contributed by atoms with van der Waals surface area (Å²) in [7, 11) is 3.23. The van der Waals surface area contributed by atoms with E-state index >= 15 is 0 Å². The lowest BCUT2D eigenvalue weighted by Gasteiger charge is -2.13. The van der Waals surface area contributed by atoms with Gasteiger partial charge in [0.25, 0.3) is 0 Å². The highest BCUT2D eigenvalue weighted by Crippen LogP contribution is 2.27. The molecule has 0 fully saturated rings. The molecule has 0 radical (unpaired) electrons. The lowest BCUT2D eigenvalue weighted by Crippen LogP contribution is -2.10. The molecule has 1 N–H and O–H groups in total. The molecule has 1 atom stereocenters. The summed E-state index contributed by atoms with van der Waals surface area (Å²) in [4.78, 5) is 11.9. The van der Waals surface area contributed by atoms with Gasteiger partial charge in [-0.25, -0.2) is 0 Å². The predicted octanol–water partition coefficient (Wildman–Crippen LogP) is 3.74. The molecule has 1 aromatic carbocycles. The van der Waals surface area contributed by atoms with Crippen LogP contribution in [0.15, 0.2) is 29.6 Å². The molecule has 0 saturated heterocycles. The summed E-state index contributed by atoms with van der Waals surface area (Å²) in [5.41, 5.74) is 4.16. The highest BCUT2D eigenvalue weighted by molar-refractivity contribution is 7.90. The van der Waals surface area contributed by atoms with Gasteiger partial charge in [0.05, 0.1) is 30.9 Å². The smallest absolute Gasteiger partial charge is 0.322 e. The summed E-state index contributed by atoms with van der Waals surface area (Å²) in [6.45, 7) is 3.86. The maximum absolute atomic E-state index is 12.7. The quantitative estimate of drug-likeness (QED) is 0.639. The van der Waals surface area contributed by atoms with E-state index in [0.717, 1.165) is 33.6 Å². The zero-order valence-corrected chi connectivity index (χ0v) is 17.3. The lowest BCUT2D eigenvalue weighted by atomic mass is 10.1. The molecule has 0 aliphatic heterocycles. The topological polar surface area (TPSA) is 83.1 Å². The number of H-pyrrole nitrogens is 1. The molecule has 0 bridgehead atoms. The summed E-state index contributed by atoms with van der Waals surface area (Å²) in [6, 6.07) is 5.51. The third-order valence-corrected chi connectivity index (χ3v) is 5.06. The van der Waals surface area contributed by atoms with Crippen LogP contribution in [-0.4, -0.2) is 33.7 Å². The second-order valence-corrected chi connectivity index (χ2v) is 6.83. The number of benzene rings is 1. The molecule has 26 heavy (non-hydrogen) atoms. The van der Waals surface area contributed by atoms with E-state index in [0.29, 0.717) is 10.9 Å². The van der Waals surface area contributed by atoms with Gasteiger partial charge in [0.2, 0.25) is 0 Å². The molecule has 0 saturated carbocycles. The van der Waals surface area contributed by atoms with Crippen LogP contribution in [0.3, 0.4) is 0 Å². The molecule has 0 aliphatic carbocycles. The third-order valence-electron chi connectivity index (χ3n) is 3.90. The van der Waals surface area contributed by atoms with Crippen LogP contribution in [0.4, 0.5) is 0 Å². The van der Waals surface area contributed by atoms with Crippen molar-refractivity contribution in [1.82, 2.24) is 15.0 Å². The maximum Gasteiger partial charge on any atom is 0.322 e. The number of aryl methyl sites for hydroxylation is 1. The first kappa shape index (κ1) is 22.4. The third kappa shape index (κ3) is 4.35. The molecule has 1 unspecified atom stereocenters. The molecule has 9 heteroatoms.